The number of piperidine rings is 1. The summed E-state index contributed by atoms with van der Waals surface area (Å²) in [5, 5.41) is 20.4. The minimum Gasteiger partial charge on any atom is -0.388 e. The number of rotatable bonds is 6. The maximum atomic E-state index is 13.6. The molecule has 4 heterocycles. The van der Waals surface area contributed by atoms with E-state index in [1.807, 2.05) is 37.3 Å². The number of amides is 1. The monoisotopic (exact) mass is 555 g/mol. The fraction of sp³-hybridized carbons (Fsp3) is 0.300. The summed E-state index contributed by atoms with van der Waals surface area (Å²) in [6.07, 6.45) is 5.26. The number of benzene rings is 2. The van der Waals surface area contributed by atoms with Gasteiger partial charge in [0.1, 0.15) is 12.1 Å². The van der Waals surface area contributed by atoms with Crippen LogP contribution in [0.15, 0.2) is 78.1 Å². The van der Waals surface area contributed by atoms with Gasteiger partial charge >= 0.3 is 0 Å². The van der Waals surface area contributed by atoms with Crippen LogP contribution in [0.5, 0.6) is 0 Å². The number of aryl methyl sites for hydroxylation is 1. The topological polar surface area (TPSA) is 111 Å². The fourth-order valence-electron chi connectivity index (χ4n) is 5.49. The molecule has 3 aromatic heterocycles. The molecule has 210 valence electrons. The Morgan fingerprint density at radius 2 is 1.80 bits per heavy atom. The molecule has 1 amide bonds. The minimum absolute atomic E-state index is 0.0271. The molecule has 0 radical (unpaired) electrons. The Morgan fingerprint density at radius 1 is 1.10 bits per heavy atom. The lowest BCUT2D eigenvalue weighted by atomic mass is 9.90. The predicted octanol–water partition coefficient (Wildman–Crippen LogP) is 3.25. The van der Waals surface area contributed by atoms with Gasteiger partial charge in [-0.15, -0.1) is 0 Å². The lowest BCUT2D eigenvalue weighted by molar-refractivity contribution is -0.0300. The smallest absolute Gasteiger partial charge is 0.296 e. The van der Waals surface area contributed by atoms with E-state index in [-0.39, 0.29) is 29.8 Å². The van der Waals surface area contributed by atoms with Crippen molar-refractivity contribution in [1.82, 2.24) is 33.8 Å². The van der Waals surface area contributed by atoms with Crippen LogP contribution in [0, 0.1) is 5.82 Å². The number of fused-ring (bicyclic) bond motifs is 1. The number of carbonyl (C=O) groups is 1. The Balaban J connectivity index is 1.17. The van der Waals surface area contributed by atoms with Crippen molar-refractivity contribution in [2.24, 2.45) is 7.05 Å². The normalized spacial score (nSPS) is 15.8. The van der Waals surface area contributed by atoms with Crippen LogP contribution in [0.3, 0.4) is 0 Å². The lowest BCUT2D eigenvalue weighted by Gasteiger charge is -2.38. The van der Waals surface area contributed by atoms with Crippen LogP contribution in [-0.2, 0) is 13.6 Å². The molecule has 6 rings (SSSR count). The average molecular weight is 556 g/mol. The van der Waals surface area contributed by atoms with Gasteiger partial charge in [-0.05, 0) is 42.7 Å². The first-order valence-corrected chi connectivity index (χ1v) is 13.5. The van der Waals surface area contributed by atoms with E-state index in [2.05, 4.69) is 15.2 Å². The third kappa shape index (κ3) is 5.04. The third-order valence-corrected chi connectivity index (χ3v) is 7.88. The molecular weight excluding hydrogens is 525 g/mol. The van der Waals surface area contributed by atoms with Crippen molar-refractivity contribution in [2.75, 3.05) is 13.1 Å². The average Bonchev–Trinajstić information content (AvgIpc) is 3.59. The van der Waals surface area contributed by atoms with Crippen molar-refractivity contribution in [3.8, 4) is 11.3 Å². The van der Waals surface area contributed by atoms with Gasteiger partial charge in [0.25, 0.3) is 11.5 Å². The van der Waals surface area contributed by atoms with E-state index in [0.29, 0.717) is 42.8 Å². The molecule has 0 aliphatic carbocycles. The van der Waals surface area contributed by atoms with Gasteiger partial charge in [-0.3, -0.25) is 18.8 Å². The van der Waals surface area contributed by atoms with Gasteiger partial charge in [-0.25, -0.2) is 13.9 Å². The SMILES string of the molecule is C[C@H](c1ccccc1)c1nn(C)cc1C(=O)N1CCC(O)(Cn2cnn3c(-c4ccc(F)cc4)cnc3c2=O)CC1. The number of halogens is 1. The molecule has 0 unspecified atom stereocenters. The summed E-state index contributed by atoms with van der Waals surface area (Å²) in [6.45, 7) is 2.74. The molecule has 1 atom stereocenters. The Hall–Kier alpha value is -4.64. The predicted molar refractivity (Wildman–Crippen MR) is 150 cm³/mol. The molecule has 11 heteroatoms. The quantitative estimate of drug-likeness (QED) is 0.345. The van der Waals surface area contributed by atoms with E-state index in [0.717, 1.165) is 11.3 Å². The second kappa shape index (κ2) is 10.4. The summed E-state index contributed by atoms with van der Waals surface area (Å²) in [6, 6.07) is 15.8. The number of carbonyl (C=O) groups excluding carboxylic acids is 1. The second-order valence-electron chi connectivity index (χ2n) is 10.7. The summed E-state index contributed by atoms with van der Waals surface area (Å²) in [5.41, 5.74) is 2.11. The summed E-state index contributed by atoms with van der Waals surface area (Å²) in [7, 11) is 1.80. The highest BCUT2D eigenvalue weighted by Gasteiger charge is 2.36. The van der Waals surface area contributed by atoms with Gasteiger partial charge in [0, 0.05) is 37.8 Å². The first-order chi connectivity index (χ1) is 19.7. The minimum atomic E-state index is -1.19. The molecule has 1 aliphatic rings. The van der Waals surface area contributed by atoms with Crippen LogP contribution in [0.1, 0.15) is 47.3 Å². The standard InChI is InChI=1S/C30H30FN7O3/c1-20(21-6-4-3-5-7-21)26-24(17-35(2)34-26)28(39)36-14-12-30(41,13-15-36)18-37-19-33-38-25(16-32-27(38)29(37)40)22-8-10-23(31)11-9-22/h3-11,16-17,19-20,41H,12-15,18H2,1-2H3/t20-/m1/s1. The zero-order valence-electron chi connectivity index (χ0n) is 22.8. The first-order valence-electron chi connectivity index (χ1n) is 13.5. The van der Waals surface area contributed by atoms with E-state index in [4.69, 9.17) is 0 Å². The third-order valence-electron chi connectivity index (χ3n) is 7.88. The molecule has 5 aromatic rings. The number of hydrogen-bond donors (Lipinski definition) is 1. The van der Waals surface area contributed by atoms with Gasteiger partial charge < -0.3 is 10.0 Å². The van der Waals surface area contributed by atoms with Crippen LogP contribution in [0.25, 0.3) is 16.9 Å². The molecule has 1 fully saturated rings. The molecule has 2 aromatic carbocycles. The molecule has 1 N–H and O–H groups in total. The van der Waals surface area contributed by atoms with Crippen LogP contribution < -0.4 is 5.56 Å². The van der Waals surface area contributed by atoms with Crippen molar-refractivity contribution >= 4 is 11.6 Å². The maximum absolute atomic E-state index is 13.6. The molecule has 10 nitrogen and oxygen atoms in total. The Morgan fingerprint density at radius 3 is 2.51 bits per heavy atom. The highest BCUT2D eigenvalue weighted by molar-refractivity contribution is 5.95. The zero-order valence-corrected chi connectivity index (χ0v) is 22.8. The van der Waals surface area contributed by atoms with Crippen LogP contribution in [-0.4, -0.2) is 63.5 Å². The van der Waals surface area contributed by atoms with E-state index in [1.165, 1.54) is 33.7 Å². The first kappa shape index (κ1) is 26.6. The largest absolute Gasteiger partial charge is 0.388 e. The van der Waals surface area contributed by atoms with Crippen LogP contribution in [0.2, 0.25) is 0 Å². The molecule has 0 bridgehead atoms. The fourth-order valence-corrected chi connectivity index (χ4v) is 5.49. The zero-order chi connectivity index (χ0) is 28.7. The number of hydrogen-bond acceptors (Lipinski definition) is 6. The van der Waals surface area contributed by atoms with Gasteiger partial charge in [0.05, 0.1) is 35.3 Å². The Labute approximate surface area is 235 Å². The molecule has 0 saturated carbocycles. The van der Waals surface area contributed by atoms with E-state index in [1.54, 1.807) is 35.0 Å². The molecule has 41 heavy (non-hydrogen) atoms. The van der Waals surface area contributed by atoms with Crippen molar-refractivity contribution in [3.05, 3.63) is 106 Å². The Bertz CT molecular complexity index is 1770. The van der Waals surface area contributed by atoms with Crippen LogP contribution in [0.4, 0.5) is 4.39 Å². The summed E-state index contributed by atoms with van der Waals surface area (Å²) < 4.78 is 17.8. The molecule has 1 saturated heterocycles. The highest BCUT2D eigenvalue weighted by atomic mass is 19.1. The number of nitrogens with zero attached hydrogens (tertiary/aromatic N) is 7. The Kier molecular flexibility index (Phi) is 6.74. The maximum Gasteiger partial charge on any atom is 0.296 e. The molecule has 1 aliphatic heterocycles. The number of aromatic nitrogens is 6. The number of imidazole rings is 1. The lowest BCUT2D eigenvalue weighted by Crippen LogP contribution is -2.49. The van der Waals surface area contributed by atoms with Crippen molar-refractivity contribution < 1.29 is 14.3 Å². The van der Waals surface area contributed by atoms with Crippen LogP contribution >= 0.6 is 0 Å². The van der Waals surface area contributed by atoms with E-state index >= 15 is 0 Å². The van der Waals surface area contributed by atoms with Crippen molar-refractivity contribution in [3.63, 3.8) is 0 Å². The van der Waals surface area contributed by atoms with Gasteiger partial charge in [0.15, 0.2) is 0 Å². The van der Waals surface area contributed by atoms with E-state index in [9.17, 15) is 19.1 Å². The summed E-state index contributed by atoms with van der Waals surface area (Å²) >= 11 is 0. The van der Waals surface area contributed by atoms with Crippen molar-refractivity contribution in [1.29, 1.82) is 0 Å². The van der Waals surface area contributed by atoms with Gasteiger partial charge in [-0.1, -0.05) is 37.3 Å². The second-order valence-corrected chi connectivity index (χ2v) is 10.7. The van der Waals surface area contributed by atoms with E-state index < -0.39 is 11.2 Å². The number of likely N-dealkylation sites (tertiary alicyclic amines) is 1. The summed E-state index contributed by atoms with van der Waals surface area (Å²) in [4.78, 5) is 32.8. The van der Waals surface area contributed by atoms with Gasteiger partial charge in [0.2, 0.25) is 5.65 Å². The molecule has 0 spiro atoms. The van der Waals surface area contributed by atoms with Crippen molar-refractivity contribution in [2.45, 2.75) is 37.8 Å². The highest BCUT2D eigenvalue weighted by Crippen LogP contribution is 2.29. The van der Waals surface area contributed by atoms with Gasteiger partial charge in [-0.2, -0.15) is 10.2 Å². The summed E-state index contributed by atoms with van der Waals surface area (Å²) in [5.74, 6) is -0.538. The number of aliphatic hydroxyl groups is 1. The molecular formula is C30H30FN7O3.